The van der Waals surface area contributed by atoms with Crippen molar-refractivity contribution in [3.05, 3.63) is 132 Å². The van der Waals surface area contributed by atoms with Crippen molar-refractivity contribution in [3.8, 4) is 45.3 Å². The van der Waals surface area contributed by atoms with Gasteiger partial charge >= 0.3 is 11.9 Å². The third-order valence-electron chi connectivity index (χ3n) is 11.1. The van der Waals surface area contributed by atoms with E-state index in [4.69, 9.17) is 18.9 Å². The number of carbonyl (C=O) groups excluding carboxylic acids is 2. The van der Waals surface area contributed by atoms with Crippen molar-refractivity contribution in [1.29, 1.82) is 0 Å². The molecule has 0 amide bonds. The van der Waals surface area contributed by atoms with Crippen molar-refractivity contribution >= 4 is 11.9 Å². The van der Waals surface area contributed by atoms with Gasteiger partial charge in [-0.2, -0.15) is 4.39 Å². The number of benzene rings is 5. The fourth-order valence-electron chi connectivity index (χ4n) is 7.33. The molecule has 0 aliphatic carbocycles. The van der Waals surface area contributed by atoms with Crippen molar-refractivity contribution in [1.82, 2.24) is 0 Å². The highest BCUT2D eigenvalue weighted by molar-refractivity contribution is 5.94. The number of unbranched alkanes of at least 4 members (excludes halogenated alkanes) is 16. The van der Waals surface area contributed by atoms with Gasteiger partial charge in [-0.1, -0.05) is 165 Å². The Labute approximate surface area is 372 Å². The summed E-state index contributed by atoms with van der Waals surface area (Å²) in [5.74, 6) is -7.17. The molecule has 5 aromatic rings. The summed E-state index contributed by atoms with van der Waals surface area (Å²) in [4.78, 5) is 26.0. The van der Waals surface area contributed by atoms with Crippen LogP contribution in [0.3, 0.4) is 0 Å². The molecule has 336 valence electrons. The molecule has 0 unspecified atom stereocenters. The third kappa shape index (κ3) is 15.9. The number of hydrogen-bond acceptors (Lipinski definition) is 6. The molecule has 0 aliphatic rings. The van der Waals surface area contributed by atoms with Crippen LogP contribution in [-0.2, 0) is 0 Å². The van der Waals surface area contributed by atoms with E-state index in [0.717, 1.165) is 59.4 Å². The van der Waals surface area contributed by atoms with Crippen molar-refractivity contribution in [3.63, 3.8) is 0 Å². The molecular formula is C54H63F3O6. The smallest absolute Gasteiger partial charge is 0.346 e. The van der Waals surface area contributed by atoms with Crippen LogP contribution in [0.15, 0.2) is 103 Å². The molecule has 0 aliphatic heterocycles. The zero-order valence-corrected chi connectivity index (χ0v) is 37.0. The van der Waals surface area contributed by atoms with Crippen LogP contribution in [0.4, 0.5) is 13.2 Å². The lowest BCUT2D eigenvalue weighted by atomic mass is 10.0. The van der Waals surface area contributed by atoms with Gasteiger partial charge in [0.1, 0.15) is 22.8 Å². The quantitative estimate of drug-likeness (QED) is 0.0216. The molecule has 0 N–H and O–H groups in total. The Kier molecular flexibility index (Phi) is 20.6. The zero-order chi connectivity index (χ0) is 44.7. The Morgan fingerprint density at radius 1 is 0.397 bits per heavy atom. The lowest BCUT2D eigenvalue weighted by Crippen LogP contribution is -2.16. The third-order valence-corrected chi connectivity index (χ3v) is 11.1. The fraction of sp³-hybridized carbons (Fsp3) is 0.407. The van der Waals surface area contributed by atoms with Gasteiger partial charge in [0.25, 0.3) is 0 Å². The van der Waals surface area contributed by atoms with Gasteiger partial charge in [-0.15, -0.1) is 0 Å². The number of hydrogen-bond donors (Lipinski definition) is 0. The molecule has 0 radical (unpaired) electrons. The van der Waals surface area contributed by atoms with Gasteiger partial charge < -0.3 is 18.9 Å². The molecular weight excluding hydrogens is 802 g/mol. The van der Waals surface area contributed by atoms with Crippen LogP contribution >= 0.6 is 0 Å². The summed E-state index contributed by atoms with van der Waals surface area (Å²) < 4.78 is 66.7. The van der Waals surface area contributed by atoms with E-state index in [-0.39, 0.29) is 11.3 Å². The Morgan fingerprint density at radius 2 is 0.762 bits per heavy atom. The summed E-state index contributed by atoms with van der Waals surface area (Å²) >= 11 is 0. The predicted octanol–water partition coefficient (Wildman–Crippen LogP) is 15.7. The highest BCUT2D eigenvalue weighted by Gasteiger charge is 2.27. The molecule has 6 nitrogen and oxygen atoms in total. The molecule has 0 saturated heterocycles. The average Bonchev–Trinajstić information content (AvgIpc) is 3.31. The van der Waals surface area contributed by atoms with E-state index in [1.807, 2.05) is 48.5 Å². The van der Waals surface area contributed by atoms with E-state index in [1.54, 1.807) is 24.3 Å². The van der Waals surface area contributed by atoms with E-state index < -0.39 is 40.7 Å². The van der Waals surface area contributed by atoms with Gasteiger partial charge in [0.15, 0.2) is 17.4 Å². The minimum atomic E-state index is -1.97. The highest BCUT2D eigenvalue weighted by atomic mass is 19.2. The Bertz CT molecular complexity index is 2120. The van der Waals surface area contributed by atoms with E-state index in [0.29, 0.717) is 19.3 Å². The first-order valence-corrected chi connectivity index (χ1v) is 23.1. The molecule has 0 heterocycles. The van der Waals surface area contributed by atoms with Crippen LogP contribution in [-0.4, -0.2) is 25.2 Å². The maximum Gasteiger partial charge on any atom is 0.346 e. The maximum atomic E-state index is 14.9. The Balaban J connectivity index is 1.07. The molecule has 0 saturated carbocycles. The molecule has 0 fully saturated rings. The van der Waals surface area contributed by atoms with Crippen molar-refractivity contribution in [2.75, 3.05) is 13.2 Å². The van der Waals surface area contributed by atoms with E-state index in [9.17, 15) is 22.8 Å². The molecule has 63 heavy (non-hydrogen) atoms. The molecule has 5 aromatic carbocycles. The highest BCUT2D eigenvalue weighted by Crippen LogP contribution is 2.30. The summed E-state index contributed by atoms with van der Waals surface area (Å²) in [5, 5.41) is 0. The lowest BCUT2D eigenvalue weighted by molar-refractivity contribution is 0.0704. The summed E-state index contributed by atoms with van der Waals surface area (Å²) in [6, 6.07) is 28.6. The van der Waals surface area contributed by atoms with Crippen LogP contribution < -0.4 is 18.9 Å². The zero-order valence-electron chi connectivity index (χ0n) is 37.0. The monoisotopic (exact) mass is 864 g/mol. The topological polar surface area (TPSA) is 71.1 Å². The second-order valence-electron chi connectivity index (χ2n) is 16.1. The van der Waals surface area contributed by atoms with Crippen molar-refractivity contribution in [2.45, 2.75) is 129 Å². The number of halogens is 3. The number of rotatable bonds is 28. The molecule has 0 aromatic heterocycles. The fourth-order valence-corrected chi connectivity index (χ4v) is 7.33. The molecule has 0 bridgehead atoms. The van der Waals surface area contributed by atoms with Gasteiger partial charge in [0.05, 0.1) is 18.8 Å². The second-order valence-corrected chi connectivity index (χ2v) is 16.1. The van der Waals surface area contributed by atoms with Crippen molar-refractivity contribution in [2.24, 2.45) is 0 Å². The number of carbonyl (C=O) groups is 2. The van der Waals surface area contributed by atoms with Gasteiger partial charge in [0, 0.05) is 6.07 Å². The predicted molar refractivity (Wildman–Crippen MR) is 245 cm³/mol. The van der Waals surface area contributed by atoms with E-state index in [1.165, 1.54) is 114 Å². The minimum Gasteiger partial charge on any atom is -0.494 e. The second kappa shape index (κ2) is 26.8. The van der Waals surface area contributed by atoms with E-state index in [2.05, 4.69) is 13.8 Å². The SMILES string of the molecule is CCCCCCCCCCCCOc1ccc(-c2ccc(C(=O)Oc3cc(C(=O)Oc4ccc(-c5ccc(OCCCCCCCCCC)cc5)cc4)c(F)c(F)c3F)cc2)cc1. The lowest BCUT2D eigenvalue weighted by Gasteiger charge is -2.11. The van der Waals surface area contributed by atoms with Crippen LogP contribution in [0.2, 0.25) is 0 Å². The largest absolute Gasteiger partial charge is 0.494 e. The summed E-state index contributed by atoms with van der Waals surface area (Å²) in [6.45, 7) is 5.79. The Hall–Kier alpha value is -5.57. The van der Waals surface area contributed by atoms with Crippen LogP contribution in [0.1, 0.15) is 150 Å². The van der Waals surface area contributed by atoms with Gasteiger partial charge in [-0.3, -0.25) is 0 Å². The first-order chi connectivity index (χ1) is 30.8. The van der Waals surface area contributed by atoms with Gasteiger partial charge in [-0.25, -0.2) is 18.4 Å². The minimum absolute atomic E-state index is 0.0320. The summed E-state index contributed by atoms with van der Waals surface area (Å²) in [5.41, 5.74) is 2.50. The molecule has 0 spiro atoms. The van der Waals surface area contributed by atoms with Crippen LogP contribution in [0.5, 0.6) is 23.0 Å². The van der Waals surface area contributed by atoms with Crippen LogP contribution in [0.25, 0.3) is 22.3 Å². The standard InChI is InChI=1S/C54H63F3O6/c1-3-5-7-9-11-13-14-16-18-20-38-60-45-31-25-41(26-32-45)40-21-23-44(24-22-40)53(58)63-49-39-48(50(55)52(57)51(49)56)54(59)62-47-35-29-43(30-36-47)42-27-33-46(34-28-42)61-37-19-17-15-12-10-8-6-4-2/h21-36,39H,3-20,37-38H2,1-2H3. The van der Waals surface area contributed by atoms with Crippen LogP contribution in [0, 0.1) is 17.5 Å². The summed E-state index contributed by atoms with van der Waals surface area (Å²) in [7, 11) is 0. The molecule has 9 heteroatoms. The first kappa shape index (κ1) is 48.5. The first-order valence-electron chi connectivity index (χ1n) is 23.1. The average molecular weight is 865 g/mol. The number of esters is 2. The van der Waals surface area contributed by atoms with Gasteiger partial charge in [-0.05, 0) is 83.6 Å². The van der Waals surface area contributed by atoms with Gasteiger partial charge in [0.2, 0.25) is 5.82 Å². The Morgan fingerprint density at radius 3 is 1.17 bits per heavy atom. The molecule has 5 rings (SSSR count). The maximum absolute atomic E-state index is 14.9. The van der Waals surface area contributed by atoms with E-state index >= 15 is 0 Å². The van der Waals surface area contributed by atoms with Crippen molar-refractivity contribution < 1.29 is 41.7 Å². The molecule has 0 atom stereocenters. The summed E-state index contributed by atoms with van der Waals surface area (Å²) in [6.07, 6.45) is 22.5. The number of ether oxygens (including phenoxy) is 4. The normalized spacial score (nSPS) is 11.1.